The number of nitrogens with zero attached hydrogens (tertiary/aromatic N) is 8. The largest absolute Gasteiger partial charge is 0.379 e. The molecule has 12 atom stereocenters. The van der Waals surface area contributed by atoms with Crippen LogP contribution in [0.4, 0.5) is 0 Å². The summed E-state index contributed by atoms with van der Waals surface area (Å²) < 4.78 is 23.2. The van der Waals surface area contributed by atoms with Gasteiger partial charge >= 0.3 is 0 Å². The molecule has 27 nitrogen and oxygen atoms in total. The molecule has 4 rings (SSSR count). The second-order valence-electron chi connectivity index (χ2n) is 27.0. The minimum absolute atomic E-state index is 0.00245. The Kier molecular flexibility index (Phi) is 36.9. The van der Waals surface area contributed by atoms with Crippen LogP contribution in [0.3, 0.4) is 0 Å². The van der Waals surface area contributed by atoms with Gasteiger partial charge in [0, 0.05) is 106 Å². The summed E-state index contributed by atoms with van der Waals surface area (Å²) in [6.07, 6.45) is -0.317. The van der Waals surface area contributed by atoms with E-state index in [9.17, 15) is 53.5 Å². The third kappa shape index (κ3) is 26.2. The molecular formula is C71H107Br2N13O14. The number of ether oxygens (including phenoxy) is 4. The van der Waals surface area contributed by atoms with Crippen LogP contribution >= 0.6 is 31.9 Å². The zero-order chi connectivity index (χ0) is 74.5. The summed E-state index contributed by atoms with van der Waals surface area (Å²) in [5, 5.41) is 15.9. The van der Waals surface area contributed by atoms with Crippen molar-refractivity contribution in [3.8, 4) is 0 Å². The molecule has 554 valence electrons. The van der Waals surface area contributed by atoms with Gasteiger partial charge in [0.25, 0.3) is 5.91 Å². The Labute approximate surface area is 605 Å². The Balaban J connectivity index is 1.26. The number of ketones is 3. The van der Waals surface area contributed by atoms with Crippen LogP contribution in [0.25, 0.3) is 21.5 Å². The molecule has 6 N–H and O–H groups in total. The van der Waals surface area contributed by atoms with E-state index < -0.39 is 102 Å². The Bertz CT molecular complexity index is 3270. The van der Waals surface area contributed by atoms with Gasteiger partial charge < -0.3 is 55.7 Å². The molecule has 2 aromatic carbocycles. The highest BCUT2D eigenvalue weighted by molar-refractivity contribution is 9.09. The SMILES string of the molecule is CC[C@H](C)[C@@H]([C@@H](CC(=O)N1CCC[C@H]1[C@H](OC)[C@@H](C)C(=O)N[C@H](CN=[N+]=[N-])Cc1ccc(CC(=O)[C@H](CC(N)=O)NC(=O)[C@H](C)CC(=O)[C@H](C)NC(=O)CCOCCOCCNC(=O)c2ccc3nc(CBr)c(CBr)nc3c2)cc1)OC)N(C)C(=O)[C@@H](CC(=O)[C@H](C(C)C)N(C)C)C(C)C. The Morgan fingerprint density at radius 2 is 1.39 bits per heavy atom. The Morgan fingerprint density at radius 1 is 0.750 bits per heavy atom. The van der Waals surface area contributed by atoms with E-state index >= 15 is 0 Å². The minimum Gasteiger partial charge on any atom is -0.379 e. The number of Topliss-reactive ketones (excluding diaryl/α,β-unsaturated/α-hetero) is 3. The van der Waals surface area contributed by atoms with Crippen molar-refractivity contribution in [2.75, 3.05) is 81.4 Å². The lowest BCUT2D eigenvalue weighted by Crippen LogP contribution is -2.54. The van der Waals surface area contributed by atoms with Gasteiger partial charge in [-0.3, -0.25) is 52.8 Å². The lowest BCUT2D eigenvalue weighted by molar-refractivity contribution is -0.149. The van der Waals surface area contributed by atoms with Gasteiger partial charge in [-0.1, -0.05) is 123 Å². The first-order valence-electron chi connectivity index (χ1n) is 34.4. The molecule has 1 aromatic heterocycles. The van der Waals surface area contributed by atoms with Gasteiger partial charge in [0.05, 0.1) is 110 Å². The number of amides is 7. The number of likely N-dealkylation sites (N-methyl/N-ethyl adjacent to an activating group) is 2. The van der Waals surface area contributed by atoms with E-state index in [-0.39, 0.29) is 125 Å². The maximum atomic E-state index is 14.5. The smallest absolute Gasteiger partial charge is 0.251 e. The molecule has 0 saturated carbocycles. The number of benzene rings is 2. The first-order valence-corrected chi connectivity index (χ1v) is 36.7. The van der Waals surface area contributed by atoms with Crippen molar-refractivity contribution >= 4 is 102 Å². The predicted octanol–water partition coefficient (Wildman–Crippen LogP) is 6.92. The highest BCUT2D eigenvalue weighted by Gasteiger charge is 2.44. The van der Waals surface area contributed by atoms with Gasteiger partial charge in [0.1, 0.15) is 0 Å². The average Bonchev–Trinajstić information content (AvgIpc) is 1.32. The van der Waals surface area contributed by atoms with E-state index in [1.807, 2.05) is 60.5 Å². The number of fused-ring (bicyclic) bond motifs is 1. The second kappa shape index (κ2) is 43.2. The number of hydrogen-bond donors (Lipinski definition) is 5. The lowest BCUT2D eigenvalue weighted by Gasteiger charge is -2.41. The zero-order valence-corrected chi connectivity index (χ0v) is 63.9. The quantitative estimate of drug-likeness (QED) is 0.0126. The first kappa shape index (κ1) is 85.6. The van der Waals surface area contributed by atoms with Crippen LogP contribution in [0.15, 0.2) is 47.6 Å². The van der Waals surface area contributed by atoms with Crippen LogP contribution in [0.1, 0.15) is 147 Å². The summed E-state index contributed by atoms with van der Waals surface area (Å²) in [6.45, 7) is 17.8. The van der Waals surface area contributed by atoms with Crippen LogP contribution in [0.2, 0.25) is 0 Å². The number of carbonyl (C=O) groups is 10. The van der Waals surface area contributed by atoms with E-state index in [0.717, 1.165) is 11.4 Å². The molecule has 1 aliphatic rings. The van der Waals surface area contributed by atoms with E-state index in [4.69, 9.17) is 24.7 Å². The van der Waals surface area contributed by atoms with Crippen LogP contribution in [-0.4, -0.2) is 213 Å². The number of methoxy groups -OCH3 is 2. The molecule has 100 heavy (non-hydrogen) atoms. The third-order valence-corrected chi connectivity index (χ3v) is 19.6. The number of alkyl halides is 2. The molecule has 1 fully saturated rings. The highest BCUT2D eigenvalue weighted by atomic mass is 79.9. The number of likely N-dealkylation sites (tertiary alicyclic amines) is 1. The lowest BCUT2D eigenvalue weighted by atomic mass is 9.83. The van der Waals surface area contributed by atoms with E-state index in [2.05, 4.69) is 73.1 Å². The fraction of sp³-hybridized carbons (Fsp3) is 0.662. The molecular weight excluding hydrogens is 1420 g/mol. The summed E-state index contributed by atoms with van der Waals surface area (Å²) in [6, 6.07) is 7.70. The number of primary amides is 1. The number of carbonyl (C=O) groups excluding carboxylic acids is 10. The zero-order valence-electron chi connectivity index (χ0n) is 60.7. The first-order chi connectivity index (χ1) is 47.4. The molecule has 2 heterocycles. The summed E-state index contributed by atoms with van der Waals surface area (Å²) >= 11 is 6.86. The highest BCUT2D eigenvalue weighted by Crippen LogP contribution is 2.32. The van der Waals surface area contributed by atoms with Crippen LogP contribution in [-0.2, 0) is 85.6 Å². The van der Waals surface area contributed by atoms with E-state index in [1.165, 1.54) is 28.1 Å². The van der Waals surface area contributed by atoms with Crippen LogP contribution in [0.5, 0.6) is 0 Å². The Morgan fingerprint density at radius 3 is 1.97 bits per heavy atom. The summed E-state index contributed by atoms with van der Waals surface area (Å²) in [5.41, 5.74) is 19.4. The number of aromatic nitrogens is 2. The van der Waals surface area contributed by atoms with Gasteiger partial charge in [-0.05, 0) is 92.9 Å². The number of rotatable bonds is 46. The summed E-state index contributed by atoms with van der Waals surface area (Å²) in [5.74, 6) is -6.49. The maximum Gasteiger partial charge on any atom is 0.251 e. The van der Waals surface area contributed by atoms with E-state index in [0.29, 0.717) is 64.2 Å². The fourth-order valence-corrected chi connectivity index (χ4v) is 13.7. The van der Waals surface area contributed by atoms with Crippen LogP contribution < -0.4 is 27.0 Å². The molecule has 1 aliphatic heterocycles. The molecule has 0 aliphatic carbocycles. The number of halogens is 2. The predicted molar refractivity (Wildman–Crippen MR) is 387 cm³/mol. The van der Waals surface area contributed by atoms with Crippen molar-refractivity contribution in [1.82, 2.24) is 45.9 Å². The molecule has 1 saturated heterocycles. The third-order valence-electron chi connectivity index (χ3n) is 18.6. The van der Waals surface area contributed by atoms with Gasteiger partial charge in [0.2, 0.25) is 35.4 Å². The number of hydrogen-bond acceptors (Lipinski definition) is 18. The second-order valence-corrected chi connectivity index (χ2v) is 28.1. The summed E-state index contributed by atoms with van der Waals surface area (Å²) in [4.78, 5) is 152. The van der Waals surface area contributed by atoms with E-state index in [1.54, 1.807) is 66.2 Å². The molecule has 0 unspecified atom stereocenters. The van der Waals surface area contributed by atoms with Gasteiger partial charge in [-0.2, -0.15) is 0 Å². The van der Waals surface area contributed by atoms with Crippen molar-refractivity contribution in [1.29, 1.82) is 0 Å². The number of nitrogens with one attached hydrogen (secondary N) is 4. The van der Waals surface area contributed by atoms with Crippen LogP contribution in [0, 0.1) is 35.5 Å². The van der Waals surface area contributed by atoms with Gasteiger partial charge in [-0.15, -0.1) is 0 Å². The number of nitrogens with two attached hydrogens (primary N) is 1. The molecule has 0 radical (unpaired) electrons. The average molecular weight is 1530 g/mol. The topological polar surface area (TPSA) is 366 Å². The molecule has 0 spiro atoms. The molecule has 3 aromatic rings. The van der Waals surface area contributed by atoms with Crippen molar-refractivity contribution in [3.63, 3.8) is 0 Å². The summed E-state index contributed by atoms with van der Waals surface area (Å²) in [7, 11) is 8.50. The minimum atomic E-state index is -1.31. The van der Waals surface area contributed by atoms with Crippen molar-refractivity contribution in [3.05, 3.63) is 81.0 Å². The Hall–Kier alpha value is -6.85. The van der Waals surface area contributed by atoms with Crippen molar-refractivity contribution in [2.45, 2.75) is 186 Å². The fourth-order valence-electron chi connectivity index (χ4n) is 12.8. The maximum absolute atomic E-state index is 14.5. The molecule has 7 amide bonds. The standard InChI is InChI=1S/C71H107Br2N13O14/c1-15-43(6)66(85(12)71(96)51(41(2)3)35-60(89)65(42(4)5)84(10)11)61(97-13)37-64(92)86-26-16-17-57(86)67(98-14)45(8)69(94)79-50(40-77-83-75)32-47-18-20-48(21-19-47)33-59(88)54(36-62(74)90)82-68(93)44(7)31-58(87)46(9)78-63(91)24-27-99-29-30-100-28-25-76-70(95)49-22-23-52-53(34-49)81-56(39-73)55(38-72)80-52/h18-23,34,41-46,50-51,54,57,61,65-67H,15-17,24-33,35-40H2,1-14H3,(H2,74,90)(H,76,95)(H,78,91)(H,79,94)(H,82,93)/t43-,44+,45+,46-,50-,51-,54-,57-,61+,65-,66-,67+/m0/s1. The normalized spacial score (nSPS) is 16.4. The van der Waals surface area contributed by atoms with Gasteiger partial charge in [0.15, 0.2) is 17.3 Å². The van der Waals surface area contributed by atoms with Crippen molar-refractivity contribution in [2.24, 2.45) is 46.4 Å². The number of azide groups is 1. The van der Waals surface area contributed by atoms with Gasteiger partial charge in [-0.25, -0.2) is 9.97 Å². The molecule has 0 bridgehead atoms. The monoisotopic (exact) mass is 1520 g/mol. The molecule has 29 heteroatoms. The van der Waals surface area contributed by atoms with Crippen molar-refractivity contribution < 1.29 is 66.9 Å².